The van der Waals surface area contributed by atoms with Crippen molar-refractivity contribution in [2.24, 2.45) is 5.92 Å². The Labute approximate surface area is 125 Å². The summed E-state index contributed by atoms with van der Waals surface area (Å²) in [6.07, 6.45) is 5.85. The first-order valence-electron chi connectivity index (χ1n) is 6.49. The number of halogens is 1. The lowest BCUT2D eigenvalue weighted by Gasteiger charge is -2.16. The number of hydrogen-bond donors (Lipinski definition) is 0. The van der Waals surface area contributed by atoms with Gasteiger partial charge in [-0.1, -0.05) is 6.92 Å². The van der Waals surface area contributed by atoms with E-state index in [1.54, 1.807) is 13.1 Å². The molecule has 2 rings (SSSR count). The van der Waals surface area contributed by atoms with Gasteiger partial charge in [-0.15, -0.1) is 0 Å². The second kappa shape index (κ2) is 6.49. The zero-order valence-electron chi connectivity index (χ0n) is 10.8. The third-order valence-electron chi connectivity index (χ3n) is 3.27. The number of carbonyl (C=O) groups excluding carboxylic acids is 1. The first-order valence-corrected chi connectivity index (χ1v) is 7.57. The largest absolute Gasteiger partial charge is 0.462 e. The van der Waals surface area contributed by atoms with Crippen LogP contribution in [0.15, 0.2) is 17.1 Å². The number of rotatable bonds is 4. The van der Waals surface area contributed by atoms with Crippen LogP contribution in [0.4, 0.5) is 0 Å². The van der Waals surface area contributed by atoms with Gasteiger partial charge in [0.15, 0.2) is 0 Å². The summed E-state index contributed by atoms with van der Waals surface area (Å²) < 4.78 is 7.53. The minimum absolute atomic E-state index is 0.0661. The van der Waals surface area contributed by atoms with Crippen LogP contribution >= 0.6 is 22.6 Å². The minimum atomic E-state index is -0.356. The Morgan fingerprint density at radius 1 is 1.58 bits per heavy atom. The number of esters is 1. The molecule has 0 aliphatic heterocycles. The van der Waals surface area contributed by atoms with E-state index in [-0.39, 0.29) is 30.1 Å². The van der Waals surface area contributed by atoms with E-state index in [1.165, 1.54) is 10.7 Å². The highest BCUT2D eigenvalue weighted by atomic mass is 127. The molecule has 0 spiro atoms. The molecule has 1 fully saturated rings. The first kappa shape index (κ1) is 14.5. The number of ether oxygens (including phenoxy) is 1. The van der Waals surface area contributed by atoms with E-state index in [0.29, 0.717) is 0 Å². The highest BCUT2D eigenvalue weighted by molar-refractivity contribution is 14.1. The molecule has 1 aromatic rings. The van der Waals surface area contributed by atoms with E-state index in [9.17, 15) is 9.59 Å². The lowest BCUT2D eigenvalue weighted by Crippen LogP contribution is -2.30. The molecule has 0 saturated heterocycles. The smallest absolute Gasteiger partial charge is 0.310 e. The molecule has 0 aromatic carbocycles. The molecule has 1 aliphatic carbocycles. The van der Waals surface area contributed by atoms with E-state index < -0.39 is 0 Å². The predicted molar refractivity (Wildman–Crippen MR) is 78.7 cm³/mol. The average Bonchev–Trinajstić information content (AvgIpc) is 2.85. The van der Waals surface area contributed by atoms with Crippen LogP contribution in [0.1, 0.15) is 32.6 Å². The standard InChI is InChI=1S/C13H17IN2O3/c1-9(13(18)19-11-4-2-3-5-11)8-16-12(17)6-10(14)7-15-16/h6-7,9,11H,2-5,8H2,1H3. The van der Waals surface area contributed by atoms with Gasteiger partial charge in [-0.05, 0) is 48.3 Å². The van der Waals surface area contributed by atoms with Gasteiger partial charge in [0.2, 0.25) is 0 Å². The monoisotopic (exact) mass is 376 g/mol. The second-order valence-corrected chi connectivity index (χ2v) is 6.18. The maximum Gasteiger partial charge on any atom is 0.310 e. The normalized spacial score (nSPS) is 17.4. The zero-order chi connectivity index (χ0) is 13.8. The molecule has 6 heteroatoms. The third-order valence-corrected chi connectivity index (χ3v) is 3.86. The quantitative estimate of drug-likeness (QED) is 0.596. The molecule has 1 aliphatic rings. The van der Waals surface area contributed by atoms with Gasteiger partial charge in [-0.3, -0.25) is 9.59 Å². The molecule has 5 nitrogen and oxygen atoms in total. The lowest BCUT2D eigenvalue weighted by atomic mass is 10.2. The van der Waals surface area contributed by atoms with E-state index in [1.807, 2.05) is 22.6 Å². The predicted octanol–water partition coefficient (Wildman–Crippen LogP) is 1.97. The summed E-state index contributed by atoms with van der Waals surface area (Å²) >= 11 is 2.03. The molecule has 104 valence electrons. The van der Waals surface area contributed by atoms with Crippen molar-refractivity contribution in [3.63, 3.8) is 0 Å². The summed E-state index contributed by atoms with van der Waals surface area (Å²) in [4.78, 5) is 23.6. The summed E-state index contributed by atoms with van der Waals surface area (Å²) in [5.74, 6) is -0.593. The van der Waals surface area contributed by atoms with Gasteiger partial charge in [0.1, 0.15) is 6.10 Å². The van der Waals surface area contributed by atoms with Crippen LogP contribution in [0.3, 0.4) is 0 Å². The van der Waals surface area contributed by atoms with Crippen molar-refractivity contribution >= 4 is 28.6 Å². The van der Waals surface area contributed by atoms with Gasteiger partial charge >= 0.3 is 5.97 Å². The molecule has 1 heterocycles. The number of aromatic nitrogens is 2. The molecule has 1 unspecified atom stereocenters. The summed E-state index contributed by atoms with van der Waals surface area (Å²) in [6, 6.07) is 1.50. The molecule has 1 atom stereocenters. The Morgan fingerprint density at radius 2 is 2.26 bits per heavy atom. The number of nitrogens with zero attached hydrogens (tertiary/aromatic N) is 2. The minimum Gasteiger partial charge on any atom is -0.462 e. The van der Waals surface area contributed by atoms with Gasteiger partial charge in [-0.2, -0.15) is 5.10 Å². The summed E-state index contributed by atoms with van der Waals surface area (Å²) in [6.45, 7) is 2.03. The highest BCUT2D eigenvalue weighted by Crippen LogP contribution is 2.22. The Kier molecular flexibility index (Phi) is 4.95. The van der Waals surface area contributed by atoms with E-state index in [2.05, 4.69) is 5.10 Å². The fourth-order valence-electron chi connectivity index (χ4n) is 2.17. The van der Waals surface area contributed by atoms with Crippen LogP contribution in [0, 0.1) is 9.49 Å². The van der Waals surface area contributed by atoms with Gasteiger partial charge in [0.25, 0.3) is 5.56 Å². The molecule has 0 amide bonds. The molecular formula is C13H17IN2O3. The van der Waals surface area contributed by atoms with Crippen LogP contribution in [0.5, 0.6) is 0 Å². The average molecular weight is 376 g/mol. The molecular weight excluding hydrogens is 359 g/mol. The van der Waals surface area contributed by atoms with E-state index in [4.69, 9.17) is 4.74 Å². The molecule has 19 heavy (non-hydrogen) atoms. The van der Waals surface area contributed by atoms with Crippen molar-refractivity contribution in [1.82, 2.24) is 9.78 Å². The molecule has 0 N–H and O–H groups in total. The van der Waals surface area contributed by atoms with Crippen molar-refractivity contribution in [3.05, 3.63) is 26.2 Å². The molecule has 0 bridgehead atoms. The van der Waals surface area contributed by atoms with Crippen LogP contribution in [0.25, 0.3) is 0 Å². The number of carbonyl (C=O) groups is 1. The zero-order valence-corrected chi connectivity index (χ0v) is 13.0. The van der Waals surface area contributed by atoms with Crippen LogP contribution in [-0.4, -0.2) is 21.9 Å². The van der Waals surface area contributed by atoms with Gasteiger partial charge in [-0.25, -0.2) is 4.68 Å². The van der Waals surface area contributed by atoms with Gasteiger partial charge < -0.3 is 4.74 Å². The van der Waals surface area contributed by atoms with E-state index in [0.717, 1.165) is 29.3 Å². The van der Waals surface area contributed by atoms with Crippen molar-refractivity contribution in [3.8, 4) is 0 Å². The third kappa shape index (κ3) is 4.02. The molecule has 0 radical (unpaired) electrons. The summed E-state index contributed by atoms with van der Waals surface area (Å²) in [5.41, 5.74) is -0.188. The topological polar surface area (TPSA) is 61.2 Å². The summed E-state index contributed by atoms with van der Waals surface area (Å²) in [5, 5.41) is 4.02. The SMILES string of the molecule is CC(Cn1ncc(I)cc1=O)C(=O)OC1CCCC1. The van der Waals surface area contributed by atoms with Crippen molar-refractivity contribution in [2.75, 3.05) is 0 Å². The first-order chi connectivity index (χ1) is 9.06. The van der Waals surface area contributed by atoms with Crippen LogP contribution in [0.2, 0.25) is 0 Å². The molecule has 1 saturated carbocycles. The van der Waals surface area contributed by atoms with Crippen LogP contribution in [-0.2, 0) is 16.1 Å². The van der Waals surface area contributed by atoms with Crippen molar-refractivity contribution < 1.29 is 9.53 Å². The number of hydrogen-bond acceptors (Lipinski definition) is 4. The fraction of sp³-hybridized carbons (Fsp3) is 0.615. The van der Waals surface area contributed by atoms with Crippen LogP contribution < -0.4 is 5.56 Å². The Balaban J connectivity index is 1.94. The fourth-order valence-corrected chi connectivity index (χ4v) is 2.56. The summed E-state index contributed by atoms with van der Waals surface area (Å²) in [7, 11) is 0. The van der Waals surface area contributed by atoms with Crippen molar-refractivity contribution in [1.29, 1.82) is 0 Å². The second-order valence-electron chi connectivity index (χ2n) is 4.94. The maximum atomic E-state index is 11.9. The van der Waals surface area contributed by atoms with Gasteiger partial charge in [0.05, 0.1) is 18.7 Å². The highest BCUT2D eigenvalue weighted by Gasteiger charge is 2.23. The van der Waals surface area contributed by atoms with E-state index >= 15 is 0 Å². The molecule has 1 aromatic heterocycles. The Bertz CT molecular complexity index is 509. The Hall–Kier alpha value is -0.920. The maximum absolute atomic E-state index is 11.9. The lowest BCUT2D eigenvalue weighted by molar-refractivity contribution is -0.153. The van der Waals surface area contributed by atoms with Crippen molar-refractivity contribution in [2.45, 2.75) is 45.3 Å². The Morgan fingerprint density at radius 3 is 2.89 bits per heavy atom. The van der Waals surface area contributed by atoms with Gasteiger partial charge in [0, 0.05) is 9.64 Å².